The molecular formula is C13H14ClN3O2. The average molecular weight is 280 g/mol. The van der Waals surface area contributed by atoms with Gasteiger partial charge in [0.1, 0.15) is 23.9 Å². The van der Waals surface area contributed by atoms with E-state index in [9.17, 15) is 0 Å². The standard InChI is InChI=1S/C13H14ClN3O2/c1-18-9-2-4-10(5-3-9)19-8-12-11(14)6-7-13(16-12)17-15/h2-7H,8,15H2,1H3,(H,16,17). The molecule has 6 heteroatoms. The van der Waals surface area contributed by atoms with E-state index in [1.165, 1.54) is 0 Å². The van der Waals surface area contributed by atoms with E-state index in [1.54, 1.807) is 19.2 Å². The summed E-state index contributed by atoms with van der Waals surface area (Å²) in [6, 6.07) is 10.7. The number of hydrogen-bond donors (Lipinski definition) is 2. The Bertz CT molecular complexity index is 546. The van der Waals surface area contributed by atoms with Gasteiger partial charge in [0.05, 0.1) is 17.8 Å². The van der Waals surface area contributed by atoms with Gasteiger partial charge in [-0.25, -0.2) is 10.8 Å². The van der Waals surface area contributed by atoms with Crippen LogP contribution in [0.3, 0.4) is 0 Å². The van der Waals surface area contributed by atoms with Crippen LogP contribution >= 0.6 is 11.6 Å². The smallest absolute Gasteiger partial charge is 0.140 e. The van der Waals surface area contributed by atoms with Gasteiger partial charge in [-0.1, -0.05) is 11.6 Å². The number of pyridine rings is 1. The molecule has 0 saturated heterocycles. The van der Waals surface area contributed by atoms with Crippen molar-refractivity contribution in [3.63, 3.8) is 0 Å². The van der Waals surface area contributed by atoms with Gasteiger partial charge in [-0.2, -0.15) is 0 Å². The van der Waals surface area contributed by atoms with Crippen molar-refractivity contribution < 1.29 is 9.47 Å². The number of rotatable bonds is 5. The Labute approximate surface area is 116 Å². The summed E-state index contributed by atoms with van der Waals surface area (Å²) in [5, 5.41) is 0.535. The lowest BCUT2D eigenvalue weighted by Gasteiger charge is -2.09. The first kappa shape index (κ1) is 13.5. The summed E-state index contributed by atoms with van der Waals surface area (Å²) in [5.41, 5.74) is 3.08. The number of anilines is 1. The van der Waals surface area contributed by atoms with Crippen LogP contribution in [0.25, 0.3) is 0 Å². The van der Waals surface area contributed by atoms with Crippen molar-refractivity contribution in [3.05, 3.63) is 47.1 Å². The number of nitrogens with one attached hydrogen (secondary N) is 1. The normalized spacial score (nSPS) is 10.1. The molecule has 2 rings (SSSR count). The number of nitrogen functional groups attached to an aromatic ring is 1. The molecule has 3 N–H and O–H groups in total. The molecule has 2 aromatic rings. The van der Waals surface area contributed by atoms with E-state index in [2.05, 4.69) is 10.4 Å². The molecule has 19 heavy (non-hydrogen) atoms. The third-order valence-electron chi connectivity index (χ3n) is 2.50. The van der Waals surface area contributed by atoms with Gasteiger partial charge >= 0.3 is 0 Å². The quantitative estimate of drug-likeness (QED) is 0.650. The summed E-state index contributed by atoms with van der Waals surface area (Å²) in [6.45, 7) is 0.265. The Morgan fingerprint density at radius 3 is 2.47 bits per heavy atom. The second kappa shape index (κ2) is 6.26. The molecule has 0 unspecified atom stereocenters. The summed E-state index contributed by atoms with van der Waals surface area (Å²) in [7, 11) is 1.62. The lowest BCUT2D eigenvalue weighted by Crippen LogP contribution is -2.10. The first-order valence-corrected chi connectivity index (χ1v) is 5.99. The van der Waals surface area contributed by atoms with Crippen molar-refractivity contribution in [2.75, 3.05) is 12.5 Å². The number of nitrogens with two attached hydrogens (primary N) is 1. The Hall–Kier alpha value is -1.98. The second-order valence-electron chi connectivity index (χ2n) is 3.73. The number of hydrazine groups is 1. The number of halogens is 1. The van der Waals surface area contributed by atoms with Crippen LogP contribution in [0.5, 0.6) is 11.5 Å². The maximum Gasteiger partial charge on any atom is 0.140 e. The number of benzene rings is 1. The lowest BCUT2D eigenvalue weighted by atomic mass is 10.3. The Balaban J connectivity index is 2.05. The molecule has 0 aliphatic rings. The molecule has 0 saturated carbocycles. The number of hydrogen-bond acceptors (Lipinski definition) is 5. The molecular weight excluding hydrogens is 266 g/mol. The predicted molar refractivity (Wildman–Crippen MR) is 74.4 cm³/mol. The van der Waals surface area contributed by atoms with Gasteiger partial charge in [-0.3, -0.25) is 0 Å². The van der Waals surface area contributed by atoms with Gasteiger partial charge in [0.15, 0.2) is 0 Å². The highest BCUT2D eigenvalue weighted by Crippen LogP contribution is 2.21. The predicted octanol–water partition coefficient (Wildman–Crippen LogP) is 2.61. The first-order valence-electron chi connectivity index (χ1n) is 5.62. The maximum absolute atomic E-state index is 6.04. The average Bonchev–Trinajstić information content (AvgIpc) is 2.47. The van der Waals surface area contributed by atoms with Gasteiger partial charge in [-0.05, 0) is 36.4 Å². The third kappa shape index (κ3) is 3.49. The fourth-order valence-electron chi connectivity index (χ4n) is 1.49. The summed E-state index contributed by atoms with van der Waals surface area (Å²) in [4.78, 5) is 4.22. The van der Waals surface area contributed by atoms with Crippen LogP contribution in [0.1, 0.15) is 5.69 Å². The maximum atomic E-state index is 6.04. The zero-order valence-electron chi connectivity index (χ0n) is 10.4. The molecule has 1 heterocycles. The fraction of sp³-hybridized carbons (Fsp3) is 0.154. The van der Waals surface area contributed by atoms with Crippen LogP contribution in [0.15, 0.2) is 36.4 Å². The van der Waals surface area contributed by atoms with Crippen molar-refractivity contribution in [3.8, 4) is 11.5 Å². The molecule has 0 radical (unpaired) electrons. The van der Waals surface area contributed by atoms with Crippen molar-refractivity contribution >= 4 is 17.4 Å². The Morgan fingerprint density at radius 1 is 1.16 bits per heavy atom. The van der Waals surface area contributed by atoms with Crippen LogP contribution in [0, 0.1) is 0 Å². The van der Waals surface area contributed by atoms with E-state index in [4.69, 9.17) is 26.9 Å². The highest BCUT2D eigenvalue weighted by molar-refractivity contribution is 6.31. The summed E-state index contributed by atoms with van der Waals surface area (Å²) >= 11 is 6.04. The summed E-state index contributed by atoms with van der Waals surface area (Å²) < 4.78 is 10.7. The van der Waals surface area contributed by atoms with Gasteiger partial charge in [0.25, 0.3) is 0 Å². The van der Waals surface area contributed by atoms with E-state index in [0.29, 0.717) is 22.3 Å². The molecule has 1 aromatic heterocycles. The van der Waals surface area contributed by atoms with Gasteiger partial charge in [-0.15, -0.1) is 0 Å². The van der Waals surface area contributed by atoms with Crippen molar-refractivity contribution in [1.82, 2.24) is 4.98 Å². The Kier molecular flexibility index (Phi) is 4.43. The van der Waals surface area contributed by atoms with Crippen LogP contribution in [0.2, 0.25) is 5.02 Å². The second-order valence-corrected chi connectivity index (χ2v) is 4.14. The number of aromatic nitrogens is 1. The van der Waals surface area contributed by atoms with E-state index in [-0.39, 0.29) is 6.61 Å². The zero-order chi connectivity index (χ0) is 13.7. The molecule has 0 aliphatic carbocycles. The topological polar surface area (TPSA) is 69.4 Å². The highest BCUT2D eigenvalue weighted by Gasteiger charge is 2.05. The van der Waals surface area contributed by atoms with E-state index in [1.807, 2.05) is 24.3 Å². The van der Waals surface area contributed by atoms with Gasteiger partial charge < -0.3 is 14.9 Å². The molecule has 0 amide bonds. The van der Waals surface area contributed by atoms with Crippen LogP contribution in [0.4, 0.5) is 5.82 Å². The van der Waals surface area contributed by atoms with E-state index >= 15 is 0 Å². The molecule has 0 bridgehead atoms. The van der Waals surface area contributed by atoms with Gasteiger partial charge in [0, 0.05) is 0 Å². The lowest BCUT2D eigenvalue weighted by molar-refractivity contribution is 0.301. The molecule has 0 spiro atoms. The number of nitrogens with zero attached hydrogens (tertiary/aromatic N) is 1. The van der Waals surface area contributed by atoms with Crippen molar-refractivity contribution in [2.45, 2.75) is 6.61 Å². The van der Waals surface area contributed by atoms with Crippen molar-refractivity contribution in [1.29, 1.82) is 0 Å². The summed E-state index contributed by atoms with van der Waals surface area (Å²) in [5.74, 6) is 7.33. The van der Waals surface area contributed by atoms with Gasteiger partial charge in [0.2, 0.25) is 0 Å². The SMILES string of the molecule is COc1ccc(OCc2nc(NN)ccc2Cl)cc1. The molecule has 1 aromatic carbocycles. The zero-order valence-corrected chi connectivity index (χ0v) is 11.1. The number of methoxy groups -OCH3 is 1. The number of ether oxygens (including phenoxy) is 2. The highest BCUT2D eigenvalue weighted by atomic mass is 35.5. The van der Waals surface area contributed by atoms with E-state index < -0.39 is 0 Å². The minimum absolute atomic E-state index is 0.265. The molecule has 0 aliphatic heterocycles. The first-order chi connectivity index (χ1) is 9.22. The minimum atomic E-state index is 0.265. The molecule has 100 valence electrons. The summed E-state index contributed by atoms with van der Waals surface area (Å²) in [6.07, 6.45) is 0. The molecule has 0 fully saturated rings. The molecule has 5 nitrogen and oxygen atoms in total. The van der Waals surface area contributed by atoms with Crippen molar-refractivity contribution in [2.24, 2.45) is 5.84 Å². The fourth-order valence-corrected chi connectivity index (χ4v) is 1.65. The van der Waals surface area contributed by atoms with Crippen LogP contribution in [-0.4, -0.2) is 12.1 Å². The third-order valence-corrected chi connectivity index (χ3v) is 2.85. The van der Waals surface area contributed by atoms with Crippen LogP contribution in [-0.2, 0) is 6.61 Å². The van der Waals surface area contributed by atoms with E-state index in [0.717, 1.165) is 5.75 Å². The van der Waals surface area contributed by atoms with Crippen LogP contribution < -0.4 is 20.7 Å². The molecule has 0 atom stereocenters. The largest absolute Gasteiger partial charge is 0.497 e. The monoisotopic (exact) mass is 279 g/mol. The Morgan fingerprint density at radius 2 is 1.84 bits per heavy atom. The minimum Gasteiger partial charge on any atom is -0.497 e.